The van der Waals surface area contributed by atoms with Crippen molar-refractivity contribution >= 4 is 50.1 Å². The molecule has 0 aliphatic heterocycles. The van der Waals surface area contributed by atoms with Crippen LogP contribution >= 0.6 is 39.0 Å². The molecule has 0 aliphatic carbocycles. The van der Waals surface area contributed by atoms with Crippen LogP contribution in [0.5, 0.6) is 0 Å². The van der Waals surface area contributed by atoms with E-state index in [2.05, 4.69) is 36.1 Å². The van der Waals surface area contributed by atoms with Crippen molar-refractivity contribution in [1.29, 1.82) is 0 Å². The number of rotatable bonds is 2. The minimum atomic E-state index is 0.871. The average Bonchev–Trinajstić information content (AvgIpc) is 2.75. The fraction of sp³-hybridized carbons (Fsp3) is 0.0909. The van der Waals surface area contributed by atoms with Gasteiger partial charge in [0.25, 0.3) is 0 Å². The van der Waals surface area contributed by atoms with Crippen molar-refractivity contribution in [2.24, 2.45) is 0 Å². The summed E-state index contributed by atoms with van der Waals surface area (Å²) in [5, 5.41) is 9.08. The summed E-state index contributed by atoms with van der Waals surface area (Å²) < 4.78 is 1.85. The Hall–Kier alpha value is -1.05. The Balaban J connectivity index is 2.06. The van der Waals surface area contributed by atoms with Gasteiger partial charge in [0.05, 0.1) is 5.52 Å². The highest BCUT2D eigenvalue weighted by molar-refractivity contribution is 9.10. The zero-order valence-corrected chi connectivity index (χ0v) is 12.5. The lowest BCUT2D eigenvalue weighted by atomic mass is 10.3. The molecule has 90 valence electrons. The fourth-order valence-electron chi connectivity index (χ4n) is 1.48. The lowest BCUT2D eigenvalue weighted by Crippen LogP contribution is -1.85. The third kappa shape index (κ3) is 2.38. The van der Waals surface area contributed by atoms with Crippen molar-refractivity contribution in [2.45, 2.75) is 16.2 Å². The molecule has 0 spiro atoms. The number of aryl methyl sites for hydroxylation is 1. The Morgan fingerprint density at radius 2 is 2.17 bits per heavy atom. The second-order valence-electron chi connectivity index (χ2n) is 3.52. The van der Waals surface area contributed by atoms with Crippen molar-refractivity contribution in [1.82, 2.24) is 20.2 Å². The second-order valence-corrected chi connectivity index (χ2v) is 6.91. The smallest absolute Gasteiger partial charge is 0.179 e. The molecular formula is C11H7BrN4S2. The van der Waals surface area contributed by atoms with E-state index in [9.17, 15) is 0 Å². The molecule has 0 unspecified atom stereocenters. The first kappa shape index (κ1) is 12.0. The molecule has 7 heteroatoms. The van der Waals surface area contributed by atoms with Crippen LogP contribution in [0, 0.1) is 6.92 Å². The molecule has 0 bridgehead atoms. The zero-order valence-electron chi connectivity index (χ0n) is 9.29. The van der Waals surface area contributed by atoms with Crippen LogP contribution in [0.3, 0.4) is 0 Å². The number of hydrogen-bond donors (Lipinski definition) is 0. The van der Waals surface area contributed by atoms with Gasteiger partial charge in [-0.3, -0.25) is 9.97 Å². The molecule has 3 aromatic heterocycles. The molecule has 0 aromatic carbocycles. The summed E-state index contributed by atoms with van der Waals surface area (Å²) in [6.45, 7) is 1.95. The lowest BCUT2D eigenvalue weighted by molar-refractivity contribution is 0.984. The Kier molecular flexibility index (Phi) is 3.27. The van der Waals surface area contributed by atoms with E-state index in [1.807, 2.05) is 19.1 Å². The summed E-state index contributed by atoms with van der Waals surface area (Å²) in [6.07, 6.45) is 3.56. The van der Waals surface area contributed by atoms with Crippen molar-refractivity contribution < 1.29 is 0 Å². The number of hydrogen-bond acceptors (Lipinski definition) is 6. The monoisotopic (exact) mass is 338 g/mol. The van der Waals surface area contributed by atoms with Gasteiger partial charge in [-0.15, -0.1) is 10.2 Å². The lowest BCUT2D eigenvalue weighted by Gasteiger charge is -2.02. The first-order valence-electron chi connectivity index (χ1n) is 5.10. The van der Waals surface area contributed by atoms with Gasteiger partial charge in [-0.2, -0.15) is 0 Å². The van der Waals surface area contributed by atoms with Gasteiger partial charge in [0.15, 0.2) is 4.34 Å². The quantitative estimate of drug-likeness (QED) is 0.712. The molecule has 0 fully saturated rings. The summed E-state index contributed by atoms with van der Waals surface area (Å²) >= 11 is 6.55. The van der Waals surface area contributed by atoms with Crippen LogP contribution in [0.4, 0.5) is 0 Å². The number of aromatic nitrogens is 4. The first-order chi connectivity index (χ1) is 8.72. The molecule has 3 heterocycles. The van der Waals surface area contributed by atoms with E-state index in [1.54, 1.807) is 35.5 Å². The van der Waals surface area contributed by atoms with Gasteiger partial charge in [-0.1, -0.05) is 23.1 Å². The van der Waals surface area contributed by atoms with Gasteiger partial charge < -0.3 is 0 Å². The largest absolute Gasteiger partial charge is 0.254 e. The highest BCUT2D eigenvalue weighted by Gasteiger charge is 2.08. The standard InChI is InChI=1S/C11H7BrN4S2/c1-6-15-16-11(17-6)18-9-2-3-13-8-4-7(12)5-14-10(8)9/h2-5H,1H3. The summed E-state index contributed by atoms with van der Waals surface area (Å²) in [4.78, 5) is 9.77. The highest BCUT2D eigenvalue weighted by atomic mass is 79.9. The van der Waals surface area contributed by atoms with E-state index in [-0.39, 0.29) is 0 Å². The summed E-state index contributed by atoms with van der Waals surface area (Å²) in [5.41, 5.74) is 1.76. The van der Waals surface area contributed by atoms with E-state index in [0.717, 1.165) is 29.7 Å². The van der Waals surface area contributed by atoms with E-state index in [4.69, 9.17) is 0 Å². The van der Waals surface area contributed by atoms with Gasteiger partial charge in [0.2, 0.25) is 0 Å². The van der Waals surface area contributed by atoms with Gasteiger partial charge in [0, 0.05) is 21.8 Å². The predicted octanol–water partition coefficient (Wildman–Crippen LogP) is 3.70. The molecule has 0 amide bonds. The Morgan fingerprint density at radius 1 is 1.28 bits per heavy atom. The molecule has 0 radical (unpaired) electrons. The molecule has 0 N–H and O–H groups in total. The maximum absolute atomic E-state index is 4.41. The van der Waals surface area contributed by atoms with E-state index in [0.29, 0.717) is 0 Å². The Morgan fingerprint density at radius 3 is 2.94 bits per heavy atom. The SMILES string of the molecule is Cc1nnc(Sc2ccnc3cc(Br)cnc23)s1. The van der Waals surface area contributed by atoms with Crippen molar-refractivity contribution in [2.75, 3.05) is 0 Å². The third-order valence-corrected chi connectivity index (χ3v) is 4.58. The maximum atomic E-state index is 4.41. The summed E-state index contributed by atoms with van der Waals surface area (Å²) in [6, 6.07) is 3.91. The topological polar surface area (TPSA) is 51.6 Å². The van der Waals surface area contributed by atoms with Gasteiger partial charge in [-0.25, -0.2) is 0 Å². The van der Waals surface area contributed by atoms with Crippen LogP contribution in [0.2, 0.25) is 0 Å². The molecule has 0 saturated carbocycles. The normalized spacial score (nSPS) is 11.0. The van der Waals surface area contributed by atoms with E-state index in [1.165, 1.54) is 0 Å². The van der Waals surface area contributed by atoms with Gasteiger partial charge in [-0.05, 0) is 35.0 Å². The van der Waals surface area contributed by atoms with Crippen LogP contribution in [-0.2, 0) is 0 Å². The summed E-state index contributed by atoms with van der Waals surface area (Å²) in [7, 11) is 0. The first-order valence-corrected chi connectivity index (χ1v) is 7.53. The minimum absolute atomic E-state index is 0.871. The van der Waals surface area contributed by atoms with E-state index >= 15 is 0 Å². The molecule has 0 aliphatic rings. The predicted molar refractivity (Wildman–Crippen MR) is 76.0 cm³/mol. The van der Waals surface area contributed by atoms with Gasteiger partial charge in [0.1, 0.15) is 10.5 Å². The number of nitrogens with zero attached hydrogens (tertiary/aromatic N) is 4. The molecule has 4 nitrogen and oxygen atoms in total. The van der Waals surface area contributed by atoms with Crippen LogP contribution in [0.15, 0.2) is 38.2 Å². The van der Waals surface area contributed by atoms with Crippen LogP contribution in [-0.4, -0.2) is 20.2 Å². The van der Waals surface area contributed by atoms with Crippen molar-refractivity contribution in [3.63, 3.8) is 0 Å². The number of fused-ring (bicyclic) bond motifs is 1. The third-order valence-electron chi connectivity index (χ3n) is 2.21. The fourth-order valence-corrected chi connectivity index (χ4v) is 3.66. The van der Waals surface area contributed by atoms with Crippen molar-refractivity contribution in [3.05, 3.63) is 34.0 Å². The van der Waals surface area contributed by atoms with Crippen LogP contribution in [0.1, 0.15) is 5.01 Å². The second kappa shape index (κ2) is 4.91. The average molecular weight is 339 g/mol. The molecule has 3 aromatic rings. The summed E-state index contributed by atoms with van der Waals surface area (Å²) in [5.74, 6) is 0. The maximum Gasteiger partial charge on any atom is 0.179 e. The Labute approximate surface area is 120 Å². The van der Waals surface area contributed by atoms with E-state index < -0.39 is 0 Å². The molecule has 0 saturated heterocycles. The van der Waals surface area contributed by atoms with Gasteiger partial charge >= 0.3 is 0 Å². The van der Waals surface area contributed by atoms with Crippen molar-refractivity contribution in [3.8, 4) is 0 Å². The molecule has 0 atom stereocenters. The minimum Gasteiger partial charge on any atom is -0.254 e. The molecule has 3 rings (SSSR count). The number of halogens is 1. The molecular weight excluding hydrogens is 332 g/mol. The number of pyridine rings is 2. The zero-order chi connectivity index (χ0) is 12.5. The highest BCUT2D eigenvalue weighted by Crippen LogP contribution is 2.33. The Bertz CT molecular complexity index is 713. The van der Waals surface area contributed by atoms with Crippen LogP contribution in [0.25, 0.3) is 11.0 Å². The van der Waals surface area contributed by atoms with Crippen LogP contribution < -0.4 is 0 Å². The molecule has 18 heavy (non-hydrogen) atoms.